The lowest BCUT2D eigenvalue weighted by molar-refractivity contribution is 0.0541. The van der Waals surface area contributed by atoms with Crippen LogP contribution in [0.5, 0.6) is 0 Å². The second-order valence-electron chi connectivity index (χ2n) is 3.41. The predicted molar refractivity (Wildman–Crippen MR) is 62.6 cm³/mol. The van der Waals surface area contributed by atoms with E-state index in [1.165, 1.54) is 0 Å². The van der Waals surface area contributed by atoms with Crippen molar-refractivity contribution in [3.63, 3.8) is 0 Å². The monoisotopic (exact) mass is 248 g/mol. The van der Waals surface area contributed by atoms with Crippen molar-refractivity contribution in [1.82, 2.24) is 10.3 Å². The lowest BCUT2D eigenvalue weighted by Crippen LogP contribution is -2.16. The van der Waals surface area contributed by atoms with Crippen molar-refractivity contribution in [3.8, 4) is 0 Å². The van der Waals surface area contributed by atoms with Gasteiger partial charge in [0.1, 0.15) is 5.15 Å². The van der Waals surface area contributed by atoms with Gasteiger partial charge in [0.25, 0.3) is 0 Å². The van der Waals surface area contributed by atoms with E-state index in [0.29, 0.717) is 17.9 Å². The molecule has 0 spiro atoms. The van der Waals surface area contributed by atoms with E-state index < -0.39 is 0 Å². The minimum absolute atomic E-state index is 0. The van der Waals surface area contributed by atoms with E-state index in [-0.39, 0.29) is 12.4 Å². The fraction of sp³-hybridized carbons (Fsp3) is 0.500. The van der Waals surface area contributed by atoms with Gasteiger partial charge in [-0.2, -0.15) is 0 Å². The molecule has 1 fully saturated rings. The summed E-state index contributed by atoms with van der Waals surface area (Å²) in [5.41, 5.74) is 1.07. The van der Waals surface area contributed by atoms with Crippen LogP contribution >= 0.6 is 24.0 Å². The van der Waals surface area contributed by atoms with Crippen LogP contribution in [-0.4, -0.2) is 24.2 Å². The summed E-state index contributed by atoms with van der Waals surface area (Å²) in [4.78, 5) is 3.99. The summed E-state index contributed by atoms with van der Waals surface area (Å²) >= 11 is 5.68. The maximum absolute atomic E-state index is 5.68. The Morgan fingerprint density at radius 3 is 3.00 bits per heavy atom. The molecule has 2 rings (SSSR count). The molecule has 0 aromatic carbocycles. The molecule has 3 nitrogen and oxygen atoms in total. The van der Waals surface area contributed by atoms with Gasteiger partial charge in [0, 0.05) is 12.7 Å². The molecular weight excluding hydrogens is 235 g/mol. The van der Waals surface area contributed by atoms with Gasteiger partial charge in [0.2, 0.25) is 0 Å². The quantitative estimate of drug-likeness (QED) is 0.832. The number of nitrogens with zero attached hydrogens (tertiary/aromatic N) is 1. The van der Waals surface area contributed by atoms with Gasteiger partial charge < -0.3 is 10.1 Å². The maximum atomic E-state index is 5.68. The lowest BCUT2D eigenvalue weighted by Gasteiger charge is -2.09. The summed E-state index contributed by atoms with van der Waals surface area (Å²) in [7, 11) is 0. The first-order valence-electron chi connectivity index (χ1n) is 4.77. The molecule has 0 unspecified atom stereocenters. The van der Waals surface area contributed by atoms with Gasteiger partial charge in [0.15, 0.2) is 0 Å². The Hall–Kier alpha value is -0.350. The maximum Gasteiger partial charge on any atom is 0.129 e. The number of hydrogen-bond acceptors (Lipinski definition) is 3. The van der Waals surface area contributed by atoms with Crippen molar-refractivity contribution in [2.24, 2.45) is 0 Å². The smallest absolute Gasteiger partial charge is 0.129 e. The van der Waals surface area contributed by atoms with Crippen molar-refractivity contribution in [2.75, 3.05) is 13.1 Å². The Bertz CT molecular complexity index is 286. The number of aromatic nitrogens is 1. The molecule has 1 aliphatic heterocycles. The second kappa shape index (κ2) is 6.28. The van der Waals surface area contributed by atoms with Crippen LogP contribution in [0.2, 0.25) is 5.15 Å². The van der Waals surface area contributed by atoms with E-state index in [1.54, 1.807) is 12.3 Å². The van der Waals surface area contributed by atoms with Crippen LogP contribution < -0.4 is 5.32 Å². The topological polar surface area (TPSA) is 34.1 Å². The van der Waals surface area contributed by atoms with E-state index in [2.05, 4.69) is 10.3 Å². The third-order valence-corrected chi connectivity index (χ3v) is 2.51. The van der Waals surface area contributed by atoms with Gasteiger partial charge in [-0.05, 0) is 24.6 Å². The fourth-order valence-electron chi connectivity index (χ4n) is 1.48. The fourth-order valence-corrected chi connectivity index (χ4v) is 1.59. The molecule has 1 saturated heterocycles. The molecule has 0 radical (unpaired) electrons. The molecule has 15 heavy (non-hydrogen) atoms. The third-order valence-electron chi connectivity index (χ3n) is 2.29. The largest absolute Gasteiger partial charge is 0.372 e. The van der Waals surface area contributed by atoms with Gasteiger partial charge in [-0.15, -0.1) is 12.4 Å². The first kappa shape index (κ1) is 12.7. The molecule has 1 aromatic rings. The number of hydrogen-bond donors (Lipinski definition) is 1. The summed E-state index contributed by atoms with van der Waals surface area (Å²) in [6.07, 6.45) is 3.21. The standard InChI is InChI=1S/C10H13ClN2O.ClH/c11-10-2-1-8(5-13-10)7-14-9-3-4-12-6-9;/h1-2,5,9,12H,3-4,6-7H2;1H/t9-;/m1./s1. The average molecular weight is 249 g/mol. The average Bonchev–Trinajstić information content (AvgIpc) is 2.70. The van der Waals surface area contributed by atoms with Gasteiger partial charge >= 0.3 is 0 Å². The highest BCUT2D eigenvalue weighted by Crippen LogP contribution is 2.09. The van der Waals surface area contributed by atoms with Crippen molar-refractivity contribution >= 4 is 24.0 Å². The molecule has 1 N–H and O–H groups in total. The molecule has 0 aliphatic carbocycles. The summed E-state index contributed by atoms with van der Waals surface area (Å²) < 4.78 is 5.68. The summed E-state index contributed by atoms with van der Waals surface area (Å²) in [6.45, 7) is 2.64. The van der Waals surface area contributed by atoms with Crippen LogP contribution in [0.15, 0.2) is 18.3 Å². The van der Waals surface area contributed by atoms with E-state index in [9.17, 15) is 0 Å². The van der Waals surface area contributed by atoms with Crippen molar-refractivity contribution in [1.29, 1.82) is 0 Å². The summed E-state index contributed by atoms with van der Waals surface area (Å²) in [5, 5.41) is 3.78. The molecule has 84 valence electrons. The lowest BCUT2D eigenvalue weighted by atomic mass is 10.3. The molecule has 0 saturated carbocycles. The van der Waals surface area contributed by atoms with Gasteiger partial charge in [-0.1, -0.05) is 17.7 Å². The minimum Gasteiger partial charge on any atom is -0.372 e. The van der Waals surface area contributed by atoms with Gasteiger partial charge in [-0.3, -0.25) is 0 Å². The zero-order valence-electron chi connectivity index (χ0n) is 8.28. The van der Waals surface area contributed by atoms with Crippen LogP contribution in [0.3, 0.4) is 0 Å². The first-order chi connectivity index (χ1) is 6.84. The molecule has 1 aliphatic rings. The Morgan fingerprint density at radius 2 is 2.40 bits per heavy atom. The van der Waals surface area contributed by atoms with Gasteiger partial charge in [0.05, 0.1) is 12.7 Å². The molecular formula is C10H14Cl2N2O. The number of rotatable bonds is 3. The molecule has 2 heterocycles. The molecule has 1 atom stereocenters. The van der Waals surface area contributed by atoms with E-state index >= 15 is 0 Å². The highest BCUT2D eigenvalue weighted by Gasteiger charge is 2.14. The number of pyridine rings is 1. The zero-order valence-corrected chi connectivity index (χ0v) is 9.85. The van der Waals surface area contributed by atoms with E-state index in [0.717, 1.165) is 25.1 Å². The van der Waals surface area contributed by atoms with E-state index in [4.69, 9.17) is 16.3 Å². The van der Waals surface area contributed by atoms with Crippen LogP contribution in [0.25, 0.3) is 0 Å². The normalized spacial score (nSPS) is 19.9. The van der Waals surface area contributed by atoms with Crippen LogP contribution in [0.1, 0.15) is 12.0 Å². The number of halogens is 2. The summed E-state index contributed by atoms with van der Waals surface area (Å²) in [5.74, 6) is 0. The van der Waals surface area contributed by atoms with Crippen LogP contribution in [0, 0.1) is 0 Å². The molecule has 0 bridgehead atoms. The van der Waals surface area contributed by atoms with Crippen molar-refractivity contribution < 1.29 is 4.74 Å². The summed E-state index contributed by atoms with van der Waals surface area (Å²) in [6, 6.07) is 3.73. The molecule has 5 heteroatoms. The van der Waals surface area contributed by atoms with Crippen molar-refractivity contribution in [2.45, 2.75) is 19.1 Å². The minimum atomic E-state index is 0. The highest BCUT2D eigenvalue weighted by molar-refractivity contribution is 6.29. The Balaban J connectivity index is 0.00000112. The Labute approximate surface area is 101 Å². The van der Waals surface area contributed by atoms with E-state index in [1.807, 2.05) is 6.07 Å². The Morgan fingerprint density at radius 1 is 1.53 bits per heavy atom. The molecule has 0 amide bonds. The zero-order chi connectivity index (χ0) is 9.80. The highest BCUT2D eigenvalue weighted by atomic mass is 35.5. The molecule has 1 aromatic heterocycles. The third kappa shape index (κ3) is 3.95. The predicted octanol–water partition coefficient (Wildman–Crippen LogP) is 2.04. The van der Waals surface area contributed by atoms with Crippen molar-refractivity contribution in [3.05, 3.63) is 29.0 Å². The van der Waals surface area contributed by atoms with Crippen LogP contribution in [0.4, 0.5) is 0 Å². The second-order valence-corrected chi connectivity index (χ2v) is 3.80. The number of nitrogens with one attached hydrogen (secondary N) is 1. The number of ether oxygens (including phenoxy) is 1. The van der Waals surface area contributed by atoms with Crippen LogP contribution in [-0.2, 0) is 11.3 Å². The Kier molecular flexibility index (Phi) is 5.32. The SMILES string of the molecule is Cl.Clc1ccc(CO[C@@H]2CCNC2)cn1. The van der Waals surface area contributed by atoms with Gasteiger partial charge in [-0.25, -0.2) is 4.98 Å². The first-order valence-corrected chi connectivity index (χ1v) is 5.15.